The van der Waals surface area contributed by atoms with Crippen molar-refractivity contribution in [2.75, 3.05) is 0 Å². The van der Waals surface area contributed by atoms with Crippen LogP contribution in [-0.2, 0) is 0 Å². The van der Waals surface area contributed by atoms with Gasteiger partial charge in [-0.05, 0) is 42.7 Å². The Morgan fingerprint density at radius 1 is 1.05 bits per heavy atom. The van der Waals surface area contributed by atoms with Gasteiger partial charge in [-0.25, -0.2) is 5.43 Å². The van der Waals surface area contributed by atoms with Crippen molar-refractivity contribution in [3.63, 3.8) is 0 Å². The smallest absolute Gasteiger partial charge is 0.267 e. The van der Waals surface area contributed by atoms with Crippen molar-refractivity contribution in [3.8, 4) is 0 Å². The van der Waals surface area contributed by atoms with Crippen molar-refractivity contribution in [1.82, 2.24) is 10.4 Å². The summed E-state index contributed by atoms with van der Waals surface area (Å²) < 4.78 is 0. The van der Waals surface area contributed by atoms with Crippen LogP contribution in [0.5, 0.6) is 0 Å². The van der Waals surface area contributed by atoms with E-state index < -0.39 is 0 Å². The number of hydrogen-bond acceptors (Lipinski definition) is 3. The molecular formula is C17H19N3O. The molecular weight excluding hydrogens is 262 g/mol. The zero-order valence-electron chi connectivity index (χ0n) is 12.5. The molecule has 0 aliphatic heterocycles. The van der Waals surface area contributed by atoms with Crippen LogP contribution >= 0.6 is 0 Å². The molecule has 0 saturated heterocycles. The Hall–Kier alpha value is -2.49. The fourth-order valence-corrected chi connectivity index (χ4v) is 1.88. The van der Waals surface area contributed by atoms with Crippen molar-refractivity contribution in [1.29, 1.82) is 0 Å². The van der Waals surface area contributed by atoms with Gasteiger partial charge in [0.25, 0.3) is 5.91 Å². The average molecular weight is 281 g/mol. The van der Waals surface area contributed by atoms with Gasteiger partial charge in [0.05, 0.1) is 5.71 Å². The largest absolute Gasteiger partial charge is 0.271 e. The van der Waals surface area contributed by atoms with E-state index in [1.54, 1.807) is 12.4 Å². The highest BCUT2D eigenvalue weighted by atomic mass is 16.2. The molecule has 0 bridgehead atoms. The van der Waals surface area contributed by atoms with Crippen LogP contribution in [0, 0.1) is 0 Å². The summed E-state index contributed by atoms with van der Waals surface area (Å²) in [4.78, 5) is 16.0. The van der Waals surface area contributed by atoms with E-state index in [2.05, 4.69) is 29.4 Å². The molecule has 1 heterocycles. The summed E-state index contributed by atoms with van der Waals surface area (Å²) in [7, 11) is 0. The van der Waals surface area contributed by atoms with Crippen molar-refractivity contribution in [3.05, 3.63) is 65.5 Å². The van der Waals surface area contributed by atoms with Crippen LogP contribution in [0.1, 0.15) is 48.2 Å². The topological polar surface area (TPSA) is 54.4 Å². The second-order valence-corrected chi connectivity index (χ2v) is 5.15. The third-order valence-electron chi connectivity index (χ3n) is 3.26. The van der Waals surface area contributed by atoms with Crippen molar-refractivity contribution < 1.29 is 4.79 Å². The monoisotopic (exact) mass is 281 g/mol. The molecule has 1 aromatic carbocycles. The van der Waals surface area contributed by atoms with Gasteiger partial charge >= 0.3 is 0 Å². The fraction of sp³-hybridized carbons (Fsp3) is 0.235. The van der Waals surface area contributed by atoms with Crippen LogP contribution in [0.3, 0.4) is 0 Å². The molecule has 1 N–H and O–H groups in total. The van der Waals surface area contributed by atoms with Gasteiger partial charge in [-0.3, -0.25) is 9.78 Å². The number of aromatic nitrogens is 1. The molecule has 0 unspecified atom stereocenters. The number of amides is 1. The molecule has 4 heteroatoms. The highest BCUT2D eigenvalue weighted by Gasteiger charge is 2.06. The number of nitrogens with one attached hydrogen (secondary N) is 1. The highest BCUT2D eigenvalue weighted by molar-refractivity contribution is 6.00. The van der Waals surface area contributed by atoms with Crippen LogP contribution in [0.2, 0.25) is 0 Å². The van der Waals surface area contributed by atoms with Crippen LogP contribution < -0.4 is 5.43 Å². The van der Waals surface area contributed by atoms with E-state index in [1.807, 2.05) is 43.3 Å². The third-order valence-corrected chi connectivity index (χ3v) is 3.26. The molecule has 2 aromatic rings. The molecule has 1 amide bonds. The maximum absolute atomic E-state index is 12.0. The molecule has 21 heavy (non-hydrogen) atoms. The standard InChI is InChI=1S/C17H19N3O/c1-12(2)14-4-6-16(7-5-14)17(21)20-19-13(3)15-8-10-18-11-9-15/h4-12H,1-3H3,(H,20,21)/b19-13+. The summed E-state index contributed by atoms with van der Waals surface area (Å²) in [5, 5.41) is 4.12. The molecule has 1 aromatic heterocycles. The van der Waals surface area contributed by atoms with Crippen LogP contribution in [-0.4, -0.2) is 16.6 Å². The zero-order valence-corrected chi connectivity index (χ0v) is 12.5. The first-order chi connectivity index (χ1) is 10.1. The highest BCUT2D eigenvalue weighted by Crippen LogP contribution is 2.14. The summed E-state index contributed by atoms with van der Waals surface area (Å²) in [5.41, 5.74) is 6.06. The van der Waals surface area contributed by atoms with Crippen LogP contribution in [0.25, 0.3) is 0 Å². The Kier molecular flexibility index (Phi) is 4.82. The first-order valence-electron chi connectivity index (χ1n) is 6.93. The SMILES string of the molecule is C/C(=N\NC(=O)c1ccc(C(C)C)cc1)c1ccncc1. The Bertz CT molecular complexity index is 631. The van der Waals surface area contributed by atoms with Crippen LogP contribution in [0.4, 0.5) is 0 Å². The number of benzene rings is 1. The number of hydrogen-bond donors (Lipinski definition) is 1. The number of carbonyl (C=O) groups is 1. The Balaban J connectivity index is 2.04. The number of nitrogens with zero attached hydrogens (tertiary/aromatic N) is 2. The molecule has 0 radical (unpaired) electrons. The molecule has 4 nitrogen and oxygen atoms in total. The van der Waals surface area contributed by atoms with Gasteiger partial charge in [-0.2, -0.15) is 5.10 Å². The quantitative estimate of drug-likeness (QED) is 0.690. The van der Waals surface area contributed by atoms with Gasteiger partial charge < -0.3 is 0 Å². The van der Waals surface area contributed by atoms with Crippen molar-refractivity contribution >= 4 is 11.6 Å². The molecule has 0 aliphatic carbocycles. The summed E-state index contributed by atoms with van der Waals surface area (Å²) in [5.74, 6) is 0.243. The van der Waals surface area contributed by atoms with Crippen molar-refractivity contribution in [2.45, 2.75) is 26.7 Å². The van der Waals surface area contributed by atoms with Crippen molar-refractivity contribution in [2.24, 2.45) is 5.10 Å². The lowest BCUT2D eigenvalue weighted by molar-refractivity contribution is 0.0955. The predicted molar refractivity (Wildman–Crippen MR) is 84.4 cm³/mol. The van der Waals surface area contributed by atoms with E-state index in [0.717, 1.165) is 11.3 Å². The lowest BCUT2D eigenvalue weighted by atomic mass is 10.0. The summed E-state index contributed by atoms with van der Waals surface area (Å²) in [6.45, 7) is 6.09. The van der Waals surface area contributed by atoms with Crippen LogP contribution in [0.15, 0.2) is 53.9 Å². The minimum absolute atomic E-state index is 0.210. The van der Waals surface area contributed by atoms with Gasteiger partial charge in [0.2, 0.25) is 0 Å². The van der Waals surface area contributed by atoms with E-state index in [-0.39, 0.29) is 5.91 Å². The van der Waals surface area contributed by atoms with E-state index in [9.17, 15) is 4.79 Å². The summed E-state index contributed by atoms with van der Waals surface area (Å²) in [6, 6.07) is 11.3. The van der Waals surface area contributed by atoms with Gasteiger partial charge in [-0.15, -0.1) is 0 Å². The number of hydrazone groups is 1. The molecule has 2 rings (SSSR count). The van der Waals surface area contributed by atoms with Gasteiger partial charge in [0.15, 0.2) is 0 Å². The first kappa shape index (κ1) is 14.9. The lowest BCUT2D eigenvalue weighted by Gasteiger charge is -2.06. The Morgan fingerprint density at radius 2 is 1.67 bits per heavy atom. The Labute approximate surface area is 124 Å². The number of pyridine rings is 1. The van der Waals surface area contributed by atoms with E-state index in [0.29, 0.717) is 11.5 Å². The average Bonchev–Trinajstić information content (AvgIpc) is 2.53. The predicted octanol–water partition coefficient (Wildman–Crippen LogP) is 3.36. The van der Waals surface area contributed by atoms with E-state index in [1.165, 1.54) is 5.56 Å². The first-order valence-corrected chi connectivity index (χ1v) is 6.93. The molecule has 0 saturated carbocycles. The maximum atomic E-state index is 12.0. The second kappa shape index (κ2) is 6.79. The second-order valence-electron chi connectivity index (χ2n) is 5.15. The molecule has 0 atom stereocenters. The van der Waals surface area contributed by atoms with Gasteiger partial charge in [0.1, 0.15) is 0 Å². The normalized spacial score (nSPS) is 11.5. The minimum Gasteiger partial charge on any atom is -0.267 e. The Morgan fingerprint density at radius 3 is 2.24 bits per heavy atom. The molecule has 0 spiro atoms. The molecule has 108 valence electrons. The zero-order chi connectivity index (χ0) is 15.2. The molecule has 0 aliphatic rings. The minimum atomic E-state index is -0.210. The van der Waals surface area contributed by atoms with Gasteiger partial charge in [0, 0.05) is 23.5 Å². The molecule has 0 fully saturated rings. The number of rotatable bonds is 4. The van der Waals surface area contributed by atoms with E-state index >= 15 is 0 Å². The summed E-state index contributed by atoms with van der Waals surface area (Å²) in [6.07, 6.45) is 3.39. The third kappa shape index (κ3) is 3.99. The lowest BCUT2D eigenvalue weighted by Crippen LogP contribution is -2.19. The fourth-order valence-electron chi connectivity index (χ4n) is 1.88. The maximum Gasteiger partial charge on any atom is 0.271 e. The van der Waals surface area contributed by atoms with Gasteiger partial charge in [-0.1, -0.05) is 26.0 Å². The van der Waals surface area contributed by atoms with E-state index in [4.69, 9.17) is 0 Å². The number of carbonyl (C=O) groups excluding carboxylic acids is 1. The summed E-state index contributed by atoms with van der Waals surface area (Å²) >= 11 is 0.